The highest BCUT2D eigenvalue weighted by Crippen LogP contribution is 2.27. The first kappa shape index (κ1) is 16.7. The van der Waals surface area contributed by atoms with Gasteiger partial charge in [-0.05, 0) is 43.1 Å². The average molecular weight is 340 g/mol. The van der Waals surface area contributed by atoms with Gasteiger partial charge in [0.05, 0.1) is 11.6 Å². The van der Waals surface area contributed by atoms with Gasteiger partial charge in [0.15, 0.2) is 0 Å². The number of aromatic nitrogens is 1. The van der Waals surface area contributed by atoms with Gasteiger partial charge in [-0.2, -0.15) is 0 Å². The molecule has 2 heterocycles. The summed E-state index contributed by atoms with van der Waals surface area (Å²) in [6.45, 7) is 1.31. The van der Waals surface area contributed by atoms with E-state index in [4.69, 9.17) is 10.5 Å². The van der Waals surface area contributed by atoms with Gasteiger partial charge in [-0.1, -0.05) is 0 Å². The van der Waals surface area contributed by atoms with Crippen molar-refractivity contribution < 1.29 is 9.53 Å². The quantitative estimate of drug-likeness (QED) is 0.897. The third kappa shape index (κ3) is 3.76. The zero-order valence-electron chi connectivity index (χ0n) is 12.0. The van der Waals surface area contributed by atoms with Crippen molar-refractivity contribution in [1.29, 1.82) is 0 Å². The van der Waals surface area contributed by atoms with Crippen LogP contribution < -0.4 is 15.8 Å². The minimum absolute atomic E-state index is 0. The topological polar surface area (TPSA) is 77.2 Å². The highest BCUT2D eigenvalue weighted by Gasteiger charge is 2.14. The zero-order valence-corrected chi connectivity index (χ0v) is 13.6. The van der Waals surface area contributed by atoms with Gasteiger partial charge in [-0.15, -0.1) is 23.7 Å². The second-order valence-corrected chi connectivity index (χ2v) is 5.84. The maximum absolute atomic E-state index is 12.2. The number of ether oxygens (including phenoxy) is 1. The van der Waals surface area contributed by atoms with E-state index in [1.165, 1.54) is 11.3 Å². The van der Waals surface area contributed by atoms with Crippen LogP contribution in [0.5, 0.6) is 5.75 Å². The Bertz CT molecular complexity index is 660. The number of rotatable bonds is 4. The van der Waals surface area contributed by atoms with Gasteiger partial charge in [0, 0.05) is 17.5 Å². The van der Waals surface area contributed by atoms with Crippen molar-refractivity contribution in [2.24, 2.45) is 5.73 Å². The summed E-state index contributed by atoms with van der Waals surface area (Å²) in [5.74, 6) is 0.726. The van der Waals surface area contributed by atoms with Crippen molar-refractivity contribution >= 4 is 35.3 Å². The minimum atomic E-state index is -0.189. The highest BCUT2D eigenvalue weighted by molar-refractivity contribution is 7.09. The Kier molecular flexibility index (Phi) is 5.76. The van der Waals surface area contributed by atoms with E-state index >= 15 is 0 Å². The summed E-state index contributed by atoms with van der Waals surface area (Å²) < 4.78 is 5.56. The number of hydrogen-bond acceptors (Lipinski definition) is 5. The van der Waals surface area contributed by atoms with Crippen LogP contribution in [-0.4, -0.2) is 24.0 Å². The van der Waals surface area contributed by atoms with Crippen molar-refractivity contribution in [3.8, 4) is 5.75 Å². The fraction of sp³-hybridized carbons (Fsp3) is 0.333. The fourth-order valence-electron chi connectivity index (χ4n) is 2.29. The molecule has 5 nitrogen and oxygen atoms in total. The molecular formula is C15H18ClN3O2S. The van der Waals surface area contributed by atoms with Crippen molar-refractivity contribution in [2.75, 3.05) is 18.5 Å². The normalized spacial score (nSPS) is 12.8. The van der Waals surface area contributed by atoms with Crippen molar-refractivity contribution in [2.45, 2.75) is 19.3 Å². The summed E-state index contributed by atoms with van der Waals surface area (Å²) in [6.07, 6.45) is 2.70. The van der Waals surface area contributed by atoms with Crippen molar-refractivity contribution in [1.82, 2.24) is 4.98 Å². The lowest BCUT2D eigenvalue weighted by Gasteiger charge is -2.17. The summed E-state index contributed by atoms with van der Waals surface area (Å²) in [7, 11) is 0. The number of halogens is 1. The van der Waals surface area contributed by atoms with Crippen LogP contribution in [0.1, 0.15) is 27.5 Å². The van der Waals surface area contributed by atoms with E-state index in [1.807, 2.05) is 18.2 Å². The molecule has 3 rings (SSSR count). The first-order chi connectivity index (χ1) is 10.3. The predicted molar refractivity (Wildman–Crippen MR) is 90.3 cm³/mol. The van der Waals surface area contributed by atoms with Gasteiger partial charge in [0.25, 0.3) is 5.91 Å². The van der Waals surface area contributed by atoms with Crippen LogP contribution in [0, 0.1) is 0 Å². The van der Waals surface area contributed by atoms with E-state index in [2.05, 4.69) is 10.3 Å². The summed E-state index contributed by atoms with van der Waals surface area (Å²) in [5.41, 5.74) is 7.85. The number of nitrogens with zero attached hydrogens (tertiary/aromatic N) is 1. The van der Waals surface area contributed by atoms with Crippen LogP contribution in [0.15, 0.2) is 23.6 Å². The summed E-state index contributed by atoms with van der Waals surface area (Å²) in [5, 5.41) is 5.54. The van der Waals surface area contributed by atoms with Gasteiger partial charge < -0.3 is 15.8 Å². The molecule has 0 saturated heterocycles. The smallest absolute Gasteiger partial charge is 0.275 e. The van der Waals surface area contributed by atoms with Gasteiger partial charge in [0.2, 0.25) is 0 Å². The lowest BCUT2D eigenvalue weighted by atomic mass is 10.1. The van der Waals surface area contributed by atoms with Crippen molar-refractivity contribution in [3.05, 3.63) is 39.8 Å². The molecule has 1 aromatic heterocycles. The number of hydrogen-bond donors (Lipinski definition) is 2. The van der Waals surface area contributed by atoms with E-state index < -0.39 is 0 Å². The number of carbonyl (C=O) groups is 1. The number of aryl methyl sites for hydroxylation is 1. The Morgan fingerprint density at radius 1 is 1.45 bits per heavy atom. The molecule has 0 atom stereocenters. The van der Waals surface area contributed by atoms with E-state index in [-0.39, 0.29) is 18.3 Å². The van der Waals surface area contributed by atoms with E-state index in [1.54, 1.807) is 5.38 Å². The van der Waals surface area contributed by atoms with Gasteiger partial charge >= 0.3 is 0 Å². The molecule has 0 bridgehead atoms. The molecule has 0 aliphatic carbocycles. The third-order valence-corrected chi connectivity index (χ3v) is 4.22. The highest BCUT2D eigenvalue weighted by atomic mass is 35.5. The number of amides is 1. The second-order valence-electron chi connectivity index (χ2n) is 4.89. The maximum atomic E-state index is 12.2. The molecule has 1 aromatic carbocycles. The molecule has 118 valence electrons. The standard InChI is InChI=1S/C15H17N3O2S.ClH/c16-6-5-14-18-12(9-21-14)15(19)17-11-3-4-13-10(8-11)2-1-7-20-13;/h3-4,8-9H,1-2,5-7,16H2,(H,17,19);1H. The van der Waals surface area contributed by atoms with Crippen LogP contribution in [0.3, 0.4) is 0 Å². The molecule has 22 heavy (non-hydrogen) atoms. The number of carbonyl (C=O) groups excluding carboxylic acids is 1. The summed E-state index contributed by atoms with van der Waals surface area (Å²) in [6, 6.07) is 5.74. The number of thiazole rings is 1. The largest absolute Gasteiger partial charge is 0.493 e. The Balaban J connectivity index is 0.00000176. The molecule has 1 aliphatic rings. The number of benzene rings is 1. The van der Waals surface area contributed by atoms with Crippen LogP contribution in [0.2, 0.25) is 0 Å². The number of fused-ring (bicyclic) bond motifs is 1. The molecule has 1 aliphatic heterocycles. The monoisotopic (exact) mass is 339 g/mol. The fourth-order valence-corrected chi connectivity index (χ4v) is 3.08. The van der Waals surface area contributed by atoms with E-state index in [9.17, 15) is 4.79 Å². The molecule has 2 aromatic rings. The molecule has 0 saturated carbocycles. The number of nitrogens with one attached hydrogen (secondary N) is 1. The van der Waals surface area contributed by atoms with E-state index in [0.29, 0.717) is 18.7 Å². The Labute approximate surface area is 139 Å². The van der Waals surface area contributed by atoms with E-state index in [0.717, 1.165) is 41.5 Å². The van der Waals surface area contributed by atoms with Crippen LogP contribution in [0.25, 0.3) is 0 Å². The lowest BCUT2D eigenvalue weighted by Crippen LogP contribution is -2.14. The number of nitrogens with two attached hydrogens (primary N) is 1. The third-order valence-electron chi connectivity index (χ3n) is 3.31. The first-order valence-electron chi connectivity index (χ1n) is 6.98. The van der Waals surface area contributed by atoms with Gasteiger partial charge in [0.1, 0.15) is 11.4 Å². The molecule has 0 unspecified atom stereocenters. The predicted octanol–water partition coefficient (Wildman–Crippen LogP) is 2.64. The Hall–Kier alpha value is -1.63. The average Bonchev–Trinajstić information content (AvgIpc) is 2.96. The van der Waals surface area contributed by atoms with Crippen molar-refractivity contribution in [3.63, 3.8) is 0 Å². The molecule has 7 heteroatoms. The SMILES string of the molecule is Cl.NCCc1nc(C(=O)Nc2ccc3c(c2)CCCO3)cs1. The lowest BCUT2D eigenvalue weighted by molar-refractivity contribution is 0.102. The molecule has 3 N–H and O–H groups in total. The summed E-state index contributed by atoms with van der Waals surface area (Å²) >= 11 is 1.46. The second kappa shape index (κ2) is 7.58. The molecular weight excluding hydrogens is 322 g/mol. The number of anilines is 1. The Morgan fingerprint density at radius 2 is 2.32 bits per heavy atom. The van der Waals surface area contributed by atoms with Crippen LogP contribution in [0.4, 0.5) is 5.69 Å². The van der Waals surface area contributed by atoms with Crippen LogP contribution in [-0.2, 0) is 12.8 Å². The zero-order chi connectivity index (χ0) is 14.7. The molecule has 1 amide bonds. The maximum Gasteiger partial charge on any atom is 0.275 e. The van der Waals surface area contributed by atoms with Gasteiger partial charge in [-0.3, -0.25) is 4.79 Å². The molecule has 0 fully saturated rings. The van der Waals surface area contributed by atoms with Gasteiger partial charge in [-0.25, -0.2) is 4.98 Å². The minimum Gasteiger partial charge on any atom is -0.493 e. The molecule has 0 radical (unpaired) electrons. The van der Waals surface area contributed by atoms with Crippen LogP contribution >= 0.6 is 23.7 Å². The summed E-state index contributed by atoms with van der Waals surface area (Å²) in [4.78, 5) is 16.5. The molecule has 0 spiro atoms. The first-order valence-corrected chi connectivity index (χ1v) is 7.86. The Morgan fingerprint density at radius 3 is 3.14 bits per heavy atom.